The van der Waals surface area contributed by atoms with E-state index in [1.165, 1.54) is 51.4 Å². The zero-order valence-corrected chi connectivity index (χ0v) is 19.8. The molecule has 4 unspecified atom stereocenters. The largest absolute Gasteiger partial charge is 0.0942 e. The van der Waals surface area contributed by atoms with E-state index in [0.717, 1.165) is 23.2 Å². The predicted molar refractivity (Wildman–Crippen MR) is 117 cm³/mol. The summed E-state index contributed by atoms with van der Waals surface area (Å²) in [5.74, 6) is 1.88. The van der Waals surface area contributed by atoms with Gasteiger partial charge < -0.3 is 0 Å². The first-order valence-electron chi connectivity index (χ1n) is 11.1. The van der Waals surface area contributed by atoms with Crippen molar-refractivity contribution in [2.75, 3.05) is 0 Å². The Bertz CT molecular complexity index is 383. The molecule has 0 aromatic heterocycles. The molecule has 2 rings (SSSR count). The maximum atomic E-state index is 2.58. The summed E-state index contributed by atoms with van der Waals surface area (Å²) in [6, 6.07) is 0. The molecule has 2 saturated carbocycles. The third kappa shape index (κ3) is 5.24. The van der Waals surface area contributed by atoms with Crippen LogP contribution in [0.5, 0.6) is 0 Å². The summed E-state index contributed by atoms with van der Waals surface area (Å²) in [6.07, 6.45) is 11.9. The summed E-state index contributed by atoms with van der Waals surface area (Å²) in [4.78, 5) is 0. The highest BCUT2D eigenvalue weighted by Gasteiger charge is 2.48. The van der Waals surface area contributed by atoms with Crippen molar-refractivity contribution in [3.8, 4) is 0 Å². The zero-order chi connectivity index (χ0) is 19.0. The average Bonchev–Trinajstić information content (AvgIpc) is 2.45. The molecule has 0 aliphatic heterocycles. The van der Waals surface area contributed by atoms with E-state index in [2.05, 4.69) is 62.3 Å². The number of rotatable bonds is 2. The Morgan fingerprint density at radius 3 is 1.12 bits per heavy atom. The molecule has 2 aliphatic carbocycles. The van der Waals surface area contributed by atoms with Gasteiger partial charge in [0.15, 0.2) is 0 Å². The van der Waals surface area contributed by atoms with Crippen LogP contribution in [0.1, 0.15) is 114 Å². The summed E-state index contributed by atoms with van der Waals surface area (Å²) in [5, 5.41) is 0.492. The summed E-state index contributed by atoms with van der Waals surface area (Å²) in [5.41, 5.74) is 2.94. The van der Waals surface area contributed by atoms with Gasteiger partial charge in [-0.25, -0.2) is 0 Å². The molecule has 0 N–H and O–H groups in total. The Balaban J connectivity index is 2.40. The van der Waals surface area contributed by atoms with E-state index in [-0.39, 0.29) is 7.92 Å². The monoisotopic (exact) mass is 366 g/mol. The molecule has 0 aromatic carbocycles. The van der Waals surface area contributed by atoms with Crippen molar-refractivity contribution in [2.45, 2.75) is 130 Å². The van der Waals surface area contributed by atoms with Gasteiger partial charge in [-0.1, -0.05) is 95.9 Å². The molecule has 148 valence electrons. The first-order chi connectivity index (χ1) is 11.3. The lowest BCUT2D eigenvalue weighted by molar-refractivity contribution is 0.169. The first-order valence-corrected chi connectivity index (χ1v) is 12.6. The fourth-order valence-electron chi connectivity index (χ4n) is 6.15. The van der Waals surface area contributed by atoms with Gasteiger partial charge in [-0.15, -0.1) is 0 Å². The Morgan fingerprint density at radius 1 is 0.520 bits per heavy atom. The Hall–Kier alpha value is 0.430. The molecule has 25 heavy (non-hydrogen) atoms. The summed E-state index contributed by atoms with van der Waals surface area (Å²) >= 11 is 0. The molecule has 0 amide bonds. The van der Waals surface area contributed by atoms with Gasteiger partial charge in [0, 0.05) is 0 Å². The van der Waals surface area contributed by atoms with Gasteiger partial charge in [-0.2, -0.15) is 0 Å². The highest BCUT2D eigenvalue weighted by Crippen LogP contribution is 2.68. The van der Waals surface area contributed by atoms with Crippen molar-refractivity contribution in [2.24, 2.45) is 22.7 Å². The lowest BCUT2D eigenvalue weighted by Gasteiger charge is -2.55. The van der Waals surface area contributed by atoms with Crippen molar-refractivity contribution in [3.63, 3.8) is 0 Å². The van der Waals surface area contributed by atoms with Crippen molar-refractivity contribution >= 4 is 7.92 Å². The van der Waals surface area contributed by atoms with Gasteiger partial charge in [0.2, 0.25) is 0 Å². The quantitative estimate of drug-likeness (QED) is 0.430. The van der Waals surface area contributed by atoms with Crippen LogP contribution in [-0.4, -0.2) is 16.5 Å². The van der Waals surface area contributed by atoms with Crippen molar-refractivity contribution in [3.05, 3.63) is 0 Å². The zero-order valence-electron chi connectivity index (χ0n) is 18.9. The minimum absolute atomic E-state index is 0.0548. The highest BCUT2D eigenvalue weighted by molar-refractivity contribution is 7.60. The van der Waals surface area contributed by atoms with Crippen LogP contribution in [0.4, 0.5) is 0 Å². The second-order valence-electron chi connectivity index (χ2n) is 12.2. The molecule has 0 spiro atoms. The van der Waals surface area contributed by atoms with E-state index in [4.69, 9.17) is 0 Å². The molecular formula is C24H47P. The number of hydrogen-bond donors (Lipinski definition) is 0. The molecule has 0 bridgehead atoms. The van der Waals surface area contributed by atoms with Crippen molar-refractivity contribution in [1.29, 1.82) is 0 Å². The Morgan fingerprint density at radius 2 is 0.840 bits per heavy atom. The van der Waals surface area contributed by atoms with Crippen LogP contribution in [-0.2, 0) is 0 Å². The van der Waals surface area contributed by atoms with Crippen molar-refractivity contribution in [1.82, 2.24) is 0 Å². The van der Waals surface area contributed by atoms with Gasteiger partial charge in [0.1, 0.15) is 0 Å². The second kappa shape index (κ2) is 7.81. The number of hydrogen-bond acceptors (Lipinski definition) is 0. The maximum absolute atomic E-state index is 2.58. The van der Waals surface area contributed by atoms with Crippen LogP contribution < -0.4 is 0 Å². The average molecular weight is 367 g/mol. The molecule has 1 heteroatoms. The van der Waals surface area contributed by atoms with Gasteiger partial charge in [-0.05, 0) is 64.8 Å². The van der Waals surface area contributed by atoms with Crippen LogP contribution >= 0.6 is 7.92 Å². The molecule has 4 atom stereocenters. The van der Waals surface area contributed by atoms with Crippen LogP contribution in [0.3, 0.4) is 0 Å². The normalized spacial score (nSPS) is 34.0. The van der Waals surface area contributed by atoms with E-state index in [0.29, 0.717) is 16.0 Å². The van der Waals surface area contributed by atoms with E-state index in [9.17, 15) is 0 Å². The van der Waals surface area contributed by atoms with E-state index < -0.39 is 0 Å². The van der Waals surface area contributed by atoms with Gasteiger partial charge in [-0.3, -0.25) is 0 Å². The molecule has 0 aromatic rings. The van der Waals surface area contributed by atoms with E-state index in [1.54, 1.807) is 0 Å². The standard InChI is InChI=1S/C24H47P/c1-22(2,3)18-14-10-12-16-20(18)25(24(7,8)9)21-17-13-11-15-19(21)23(4,5)6/h18-21H,10-17H2,1-9H3. The van der Waals surface area contributed by atoms with E-state index in [1.807, 2.05) is 0 Å². The third-order valence-corrected chi connectivity index (χ3v) is 11.4. The van der Waals surface area contributed by atoms with Crippen LogP contribution in [0.25, 0.3) is 0 Å². The minimum Gasteiger partial charge on any atom is -0.0942 e. The van der Waals surface area contributed by atoms with E-state index >= 15 is 0 Å². The molecule has 2 fully saturated rings. The smallest absolute Gasteiger partial charge is 0.0169 e. The summed E-state index contributed by atoms with van der Waals surface area (Å²) in [7, 11) is 0.0548. The molecule has 0 radical (unpaired) electrons. The minimum atomic E-state index is 0.0548. The molecule has 2 aliphatic rings. The van der Waals surface area contributed by atoms with Gasteiger partial charge >= 0.3 is 0 Å². The molecule has 0 nitrogen and oxygen atoms in total. The van der Waals surface area contributed by atoms with Crippen LogP contribution in [0, 0.1) is 22.7 Å². The first kappa shape index (κ1) is 21.7. The van der Waals surface area contributed by atoms with Crippen LogP contribution in [0.2, 0.25) is 0 Å². The fraction of sp³-hybridized carbons (Fsp3) is 1.00. The molecular weight excluding hydrogens is 319 g/mol. The summed E-state index contributed by atoms with van der Waals surface area (Å²) < 4.78 is 0. The SMILES string of the molecule is CC(C)(C)C1CCCCC1P(C1CCCCC1C(C)(C)C)C(C)(C)C. The molecule has 0 saturated heterocycles. The predicted octanol–water partition coefficient (Wildman–Crippen LogP) is 8.48. The lowest BCUT2D eigenvalue weighted by Crippen LogP contribution is -2.44. The van der Waals surface area contributed by atoms with Crippen LogP contribution in [0.15, 0.2) is 0 Å². The topological polar surface area (TPSA) is 0 Å². The Labute approximate surface area is 161 Å². The Kier molecular flexibility index (Phi) is 6.79. The maximum Gasteiger partial charge on any atom is -0.0169 e. The van der Waals surface area contributed by atoms with Gasteiger partial charge in [0.05, 0.1) is 0 Å². The third-order valence-electron chi connectivity index (χ3n) is 7.17. The lowest BCUT2D eigenvalue weighted by atomic mass is 9.71. The molecule has 0 heterocycles. The second-order valence-corrected chi connectivity index (χ2v) is 15.7. The fourth-order valence-corrected chi connectivity index (χ4v) is 11.5. The summed E-state index contributed by atoms with van der Waals surface area (Å²) in [6.45, 7) is 22.9. The van der Waals surface area contributed by atoms with Crippen molar-refractivity contribution < 1.29 is 0 Å². The highest BCUT2D eigenvalue weighted by atomic mass is 31.1. The van der Waals surface area contributed by atoms with Gasteiger partial charge in [0.25, 0.3) is 0 Å².